The Morgan fingerprint density at radius 1 is 1.06 bits per heavy atom. The molecule has 4 nitrogen and oxygen atoms in total. The highest BCUT2D eigenvalue weighted by molar-refractivity contribution is 5.79. The smallest absolute Gasteiger partial charge is 0.133 e. The minimum atomic E-state index is -1.05. The summed E-state index contributed by atoms with van der Waals surface area (Å²) < 4.78 is 0. The van der Waals surface area contributed by atoms with Gasteiger partial charge in [0.25, 0.3) is 0 Å². The van der Waals surface area contributed by atoms with Crippen LogP contribution < -0.4 is 0 Å². The molecule has 3 N–H and O–H groups in total. The van der Waals surface area contributed by atoms with E-state index in [2.05, 4.69) is 20.8 Å². The van der Waals surface area contributed by atoms with E-state index in [-0.39, 0.29) is 16.9 Å². The number of fused-ring (bicyclic) bond motifs is 5. The summed E-state index contributed by atoms with van der Waals surface area (Å²) in [6.07, 6.45) is 10.0. The fourth-order valence-corrected chi connectivity index (χ4v) is 9.16. The fourth-order valence-electron chi connectivity index (χ4n) is 9.16. The van der Waals surface area contributed by atoms with Crippen LogP contribution in [0.1, 0.15) is 105 Å². The van der Waals surface area contributed by atoms with Crippen LogP contribution in [0.15, 0.2) is 0 Å². The van der Waals surface area contributed by atoms with Crippen molar-refractivity contribution in [2.45, 2.75) is 123 Å². The lowest BCUT2D eigenvalue weighted by Gasteiger charge is -2.65. The molecule has 4 heteroatoms. The molecule has 0 amide bonds. The molecule has 5 unspecified atom stereocenters. The van der Waals surface area contributed by atoms with Crippen molar-refractivity contribution in [2.75, 3.05) is 0 Å². The van der Waals surface area contributed by atoms with Crippen LogP contribution in [0.4, 0.5) is 0 Å². The summed E-state index contributed by atoms with van der Waals surface area (Å²) in [6, 6.07) is 0. The molecule has 4 rings (SSSR count). The standard InChI is InChI=1S/C28H48O4/c1-17(9-10-24(31)26(2,3)32)20-7-6-8-21-25-22(12-14-28(20,21)5)27(4)13-11-19(29)15-18(27)16-23(25)30/h17-18,20-25,30-32H,6-16H2,1-5H3/t17-,18?,20?,21+,22+,23?,24?,25+,27+,28?/m1/s1. The lowest BCUT2D eigenvalue weighted by atomic mass is 9.40. The van der Waals surface area contributed by atoms with Crippen molar-refractivity contribution in [2.24, 2.45) is 46.3 Å². The molecule has 0 aromatic heterocycles. The minimum Gasteiger partial charge on any atom is -0.393 e. The summed E-state index contributed by atoms with van der Waals surface area (Å²) in [4.78, 5) is 12.2. The van der Waals surface area contributed by atoms with Crippen LogP contribution in [0.2, 0.25) is 0 Å². The van der Waals surface area contributed by atoms with Crippen molar-refractivity contribution >= 4 is 5.78 Å². The molecule has 10 atom stereocenters. The maximum Gasteiger partial charge on any atom is 0.133 e. The zero-order valence-electron chi connectivity index (χ0n) is 21.1. The summed E-state index contributed by atoms with van der Waals surface area (Å²) in [7, 11) is 0. The van der Waals surface area contributed by atoms with E-state index in [1.165, 1.54) is 32.1 Å². The zero-order chi connectivity index (χ0) is 23.5. The van der Waals surface area contributed by atoms with E-state index in [1.54, 1.807) is 13.8 Å². The number of rotatable bonds is 5. The first-order valence-corrected chi connectivity index (χ1v) is 13.5. The van der Waals surface area contributed by atoms with Crippen LogP contribution in [0, 0.1) is 46.3 Å². The lowest BCUT2D eigenvalue weighted by molar-refractivity contribution is -0.189. The van der Waals surface area contributed by atoms with Crippen LogP contribution in [-0.4, -0.2) is 38.9 Å². The van der Waals surface area contributed by atoms with E-state index in [4.69, 9.17) is 0 Å². The molecule has 0 bridgehead atoms. The second kappa shape index (κ2) is 8.64. The minimum absolute atomic E-state index is 0.217. The molecule has 0 aromatic rings. The fraction of sp³-hybridized carbons (Fsp3) is 0.964. The van der Waals surface area contributed by atoms with E-state index in [0.717, 1.165) is 25.7 Å². The third-order valence-electron chi connectivity index (χ3n) is 11.2. The van der Waals surface area contributed by atoms with Crippen LogP contribution in [0.3, 0.4) is 0 Å². The molecular weight excluding hydrogens is 400 g/mol. The Morgan fingerprint density at radius 2 is 1.75 bits per heavy atom. The number of aliphatic hydroxyl groups excluding tert-OH is 2. The molecule has 0 aromatic carbocycles. The van der Waals surface area contributed by atoms with Gasteiger partial charge in [0.05, 0.1) is 17.8 Å². The van der Waals surface area contributed by atoms with Gasteiger partial charge in [-0.1, -0.05) is 27.2 Å². The van der Waals surface area contributed by atoms with Crippen LogP contribution in [-0.2, 0) is 4.79 Å². The van der Waals surface area contributed by atoms with Gasteiger partial charge < -0.3 is 15.3 Å². The molecule has 0 spiro atoms. The number of carbonyl (C=O) groups excluding carboxylic acids is 1. The van der Waals surface area contributed by atoms with E-state index in [9.17, 15) is 20.1 Å². The maximum atomic E-state index is 12.2. The summed E-state index contributed by atoms with van der Waals surface area (Å²) in [5.74, 6) is 3.37. The van der Waals surface area contributed by atoms with Crippen LogP contribution >= 0.6 is 0 Å². The van der Waals surface area contributed by atoms with Gasteiger partial charge in [-0.2, -0.15) is 0 Å². The van der Waals surface area contributed by atoms with Crippen molar-refractivity contribution in [1.29, 1.82) is 0 Å². The molecule has 4 fully saturated rings. The van der Waals surface area contributed by atoms with Crippen molar-refractivity contribution in [3.8, 4) is 0 Å². The summed E-state index contributed by atoms with van der Waals surface area (Å²) in [6.45, 7) is 10.7. The molecule has 32 heavy (non-hydrogen) atoms. The molecular formula is C28H48O4. The van der Waals surface area contributed by atoms with Gasteiger partial charge in [-0.05, 0) is 112 Å². The Balaban J connectivity index is 1.53. The molecule has 4 aliphatic carbocycles. The SMILES string of the molecule is C[C@H](CCC(O)C(C)(C)O)C1CCC[C@H]2[C@@H]3C(O)CC4CC(=O)CC[C@]4(C)[C@H]3CCC12C. The monoisotopic (exact) mass is 448 g/mol. The second-order valence-corrected chi connectivity index (χ2v) is 13.3. The number of carbonyl (C=O) groups is 1. The quantitative estimate of drug-likeness (QED) is 0.545. The predicted octanol–water partition coefficient (Wildman–Crippen LogP) is 5.12. The average Bonchev–Trinajstić information content (AvgIpc) is 2.71. The highest BCUT2D eigenvalue weighted by Crippen LogP contribution is 2.67. The summed E-state index contributed by atoms with van der Waals surface area (Å²) >= 11 is 0. The van der Waals surface area contributed by atoms with Gasteiger partial charge in [0.15, 0.2) is 0 Å². The Bertz CT molecular complexity index is 698. The van der Waals surface area contributed by atoms with Crippen molar-refractivity contribution in [3.63, 3.8) is 0 Å². The number of hydrogen-bond acceptors (Lipinski definition) is 4. The Morgan fingerprint density at radius 3 is 2.44 bits per heavy atom. The first kappa shape index (κ1) is 24.7. The van der Waals surface area contributed by atoms with E-state index in [1.807, 2.05) is 0 Å². The lowest BCUT2D eigenvalue weighted by Crippen LogP contribution is -2.60. The predicted molar refractivity (Wildman–Crippen MR) is 127 cm³/mol. The third-order valence-corrected chi connectivity index (χ3v) is 11.2. The molecule has 4 aliphatic rings. The molecule has 0 heterocycles. The summed E-state index contributed by atoms with van der Waals surface area (Å²) in [5.41, 5.74) is -0.585. The van der Waals surface area contributed by atoms with Crippen LogP contribution in [0.25, 0.3) is 0 Å². The van der Waals surface area contributed by atoms with Gasteiger partial charge in [-0.15, -0.1) is 0 Å². The van der Waals surface area contributed by atoms with Crippen LogP contribution in [0.5, 0.6) is 0 Å². The first-order valence-electron chi connectivity index (χ1n) is 13.5. The molecule has 0 aliphatic heterocycles. The highest BCUT2D eigenvalue weighted by atomic mass is 16.3. The van der Waals surface area contributed by atoms with E-state index >= 15 is 0 Å². The maximum absolute atomic E-state index is 12.2. The molecule has 0 radical (unpaired) electrons. The average molecular weight is 449 g/mol. The van der Waals surface area contributed by atoms with E-state index < -0.39 is 11.7 Å². The molecule has 0 saturated heterocycles. The Labute approximate surface area is 195 Å². The number of ketones is 1. The topological polar surface area (TPSA) is 77.8 Å². The second-order valence-electron chi connectivity index (χ2n) is 13.3. The van der Waals surface area contributed by atoms with Gasteiger partial charge in [-0.3, -0.25) is 4.79 Å². The first-order chi connectivity index (χ1) is 14.9. The number of aliphatic hydroxyl groups is 3. The molecule has 4 saturated carbocycles. The number of hydrogen-bond donors (Lipinski definition) is 3. The van der Waals surface area contributed by atoms with Gasteiger partial charge in [0.2, 0.25) is 0 Å². The normalized spacial score (nSPS) is 46.6. The third kappa shape index (κ3) is 4.11. The highest BCUT2D eigenvalue weighted by Gasteiger charge is 2.61. The molecule has 184 valence electrons. The van der Waals surface area contributed by atoms with Gasteiger partial charge >= 0.3 is 0 Å². The Kier molecular flexibility index (Phi) is 6.66. The summed E-state index contributed by atoms with van der Waals surface area (Å²) in [5, 5.41) is 31.9. The van der Waals surface area contributed by atoms with Gasteiger partial charge in [0.1, 0.15) is 5.78 Å². The van der Waals surface area contributed by atoms with Crippen molar-refractivity contribution in [1.82, 2.24) is 0 Å². The van der Waals surface area contributed by atoms with E-state index in [0.29, 0.717) is 54.1 Å². The largest absolute Gasteiger partial charge is 0.393 e. The number of Topliss-reactive ketones (excluding diaryl/α,β-unsaturated/α-hetero) is 1. The zero-order valence-corrected chi connectivity index (χ0v) is 21.1. The van der Waals surface area contributed by atoms with Gasteiger partial charge in [-0.25, -0.2) is 0 Å². The van der Waals surface area contributed by atoms with Gasteiger partial charge in [0, 0.05) is 12.8 Å². The van der Waals surface area contributed by atoms with Crippen molar-refractivity contribution in [3.05, 3.63) is 0 Å². The Hall–Kier alpha value is -0.450. The van der Waals surface area contributed by atoms with Crippen molar-refractivity contribution < 1.29 is 20.1 Å².